The number of ether oxygens (including phenoxy) is 2. The van der Waals surface area contributed by atoms with Gasteiger partial charge in [0, 0.05) is 31.4 Å². The molecule has 1 heterocycles. The van der Waals surface area contributed by atoms with Crippen molar-refractivity contribution in [2.45, 2.75) is 64.8 Å². The molecule has 38 heavy (non-hydrogen) atoms. The van der Waals surface area contributed by atoms with Crippen LogP contribution in [0.2, 0.25) is 0 Å². The Kier molecular flexibility index (Phi) is 9.17. The summed E-state index contributed by atoms with van der Waals surface area (Å²) in [5.41, 5.74) is -1.32. The number of hydrogen-bond donors (Lipinski definition) is 1. The third kappa shape index (κ3) is 7.79. The lowest BCUT2D eigenvalue weighted by Crippen LogP contribution is -2.42. The van der Waals surface area contributed by atoms with Crippen molar-refractivity contribution in [2.24, 2.45) is 0 Å². The number of amides is 2. The van der Waals surface area contributed by atoms with E-state index in [1.54, 1.807) is 50.9 Å². The molecule has 10 heteroatoms. The van der Waals surface area contributed by atoms with Crippen LogP contribution < -0.4 is 15.0 Å². The minimum atomic E-state index is -4.68. The molecule has 1 atom stereocenters. The molecule has 1 unspecified atom stereocenters. The molecule has 2 aromatic rings. The number of alkyl halides is 3. The zero-order chi connectivity index (χ0) is 28.1. The summed E-state index contributed by atoms with van der Waals surface area (Å²) in [5, 5.41) is 2.40. The van der Waals surface area contributed by atoms with E-state index in [1.807, 2.05) is 6.92 Å². The number of rotatable bonds is 8. The average Bonchev–Trinajstić information content (AvgIpc) is 3.33. The summed E-state index contributed by atoms with van der Waals surface area (Å²) >= 11 is 0. The lowest BCUT2D eigenvalue weighted by molar-refractivity contribution is -0.136. The minimum absolute atomic E-state index is 0.201. The number of benzene rings is 2. The number of halogens is 3. The van der Waals surface area contributed by atoms with E-state index in [0.717, 1.165) is 18.9 Å². The van der Waals surface area contributed by atoms with Crippen molar-refractivity contribution in [3.05, 3.63) is 53.6 Å². The molecule has 3 rings (SSSR count). The van der Waals surface area contributed by atoms with Crippen molar-refractivity contribution in [3.8, 4) is 5.75 Å². The largest absolute Gasteiger partial charge is 0.494 e. The quantitative estimate of drug-likeness (QED) is 0.387. The zero-order valence-corrected chi connectivity index (χ0v) is 22.5. The summed E-state index contributed by atoms with van der Waals surface area (Å²) in [4.78, 5) is 28.4. The summed E-state index contributed by atoms with van der Waals surface area (Å²) in [7, 11) is 1.63. The summed E-state index contributed by atoms with van der Waals surface area (Å²) in [6.07, 6.45) is -2.67. The molecule has 0 radical (unpaired) electrons. The van der Waals surface area contributed by atoms with Crippen LogP contribution in [0.3, 0.4) is 0 Å². The van der Waals surface area contributed by atoms with E-state index < -0.39 is 29.3 Å². The van der Waals surface area contributed by atoms with Crippen LogP contribution in [0.1, 0.15) is 62.9 Å². The van der Waals surface area contributed by atoms with Crippen molar-refractivity contribution >= 4 is 23.4 Å². The number of carbonyl (C=O) groups excluding carboxylic acids is 2. The molecule has 2 amide bonds. The van der Waals surface area contributed by atoms with E-state index in [0.29, 0.717) is 37.6 Å². The Morgan fingerprint density at radius 3 is 2.39 bits per heavy atom. The molecule has 1 aliphatic rings. The molecule has 7 nitrogen and oxygen atoms in total. The minimum Gasteiger partial charge on any atom is -0.494 e. The summed E-state index contributed by atoms with van der Waals surface area (Å²) < 4.78 is 52.9. The Labute approximate surface area is 221 Å². The van der Waals surface area contributed by atoms with Crippen molar-refractivity contribution < 1.29 is 32.2 Å². The Balaban J connectivity index is 1.71. The first kappa shape index (κ1) is 29.1. The topological polar surface area (TPSA) is 71.1 Å². The van der Waals surface area contributed by atoms with Gasteiger partial charge in [0.25, 0.3) is 5.91 Å². The van der Waals surface area contributed by atoms with Crippen molar-refractivity contribution in [2.75, 3.05) is 37.0 Å². The molecule has 1 N–H and O–H groups in total. The highest BCUT2D eigenvalue weighted by Crippen LogP contribution is 2.38. The van der Waals surface area contributed by atoms with Crippen LogP contribution in [-0.2, 0) is 10.9 Å². The second-order valence-corrected chi connectivity index (χ2v) is 10.4. The first-order valence-electron chi connectivity index (χ1n) is 12.7. The molecule has 208 valence electrons. The van der Waals surface area contributed by atoms with Crippen LogP contribution in [0, 0.1) is 0 Å². The smallest absolute Gasteiger partial charge is 0.418 e. The normalized spacial score (nSPS) is 15.8. The van der Waals surface area contributed by atoms with Crippen molar-refractivity contribution in [3.63, 3.8) is 0 Å². The van der Waals surface area contributed by atoms with E-state index in [2.05, 4.69) is 5.32 Å². The summed E-state index contributed by atoms with van der Waals surface area (Å²) in [5.74, 6) is -0.0554. The number of hydrogen-bond acceptors (Lipinski definition) is 5. The van der Waals surface area contributed by atoms with Crippen molar-refractivity contribution in [1.29, 1.82) is 0 Å². The Morgan fingerprint density at radius 1 is 1.11 bits per heavy atom. The molecule has 0 bridgehead atoms. The van der Waals surface area contributed by atoms with Gasteiger partial charge in [-0.1, -0.05) is 13.3 Å². The third-order valence-electron chi connectivity index (χ3n) is 6.20. The maximum atomic E-state index is 14.0. The van der Waals surface area contributed by atoms with Gasteiger partial charge in [0.1, 0.15) is 11.4 Å². The number of unbranched alkanes of at least 4 members (excludes halogenated alkanes) is 1. The second kappa shape index (κ2) is 12.0. The number of nitrogens with zero attached hydrogens (tertiary/aromatic N) is 2. The maximum absolute atomic E-state index is 14.0. The van der Waals surface area contributed by atoms with Crippen LogP contribution in [0.4, 0.5) is 29.3 Å². The van der Waals surface area contributed by atoms with Gasteiger partial charge in [-0.05, 0) is 76.1 Å². The highest BCUT2D eigenvalue weighted by molar-refractivity contribution is 6.04. The molecule has 0 aliphatic carbocycles. The monoisotopic (exact) mass is 535 g/mol. The molecule has 1 saturated heterocycles. The fourth-order valence-electron chi connectivity index (χ4n) is 4.08. The summed E-state index contributed by atoms with van der Waals surface area (Å²) in [6, 6.07) is 9.93. The van der Waals surface area contributed by atoms with Crippen LogP contribution in [-0.4, -0.2) is 55.3 Å². The number of likely N-dealkylation sites (N-methyl/N-ethyl adjacent to an activating group) is 1. The predicted molar refractivity (Wildman–Crippen MR) is 141 cm³/mol. The van der Waals surface area contributed by atoms with Crippen LogP contribution in [0.25, 0.3) is 0 Å². The van der Waals surface area contributed by atoms with Gasteiger partial charge in [0.05, 0.1) is 23.9 Å². The Morgan fingerprint density at radius 2 is 1.79 bits per heavy atom. The molecule has 1 aliphatic heterocycles. The Hall–Kier alpha value is -3.43. The number of carbonyl (C=O) groups is 2. The third-order valence-corrected chi connectivity index (χ3v) is 6.20. The first-order chi connectivity index (χ1) is 17.8. The van der Waals surface area contributed by atoms with Gasteiger partial charge in [0.15, 0.2) is 0 Å². The van der Waals surface area contributed by atoms with Gasteiger partial charge < -0.3 is 24.6 Å². The van der Waals surface area contributed by atoms with Gasteiger partial charge in [0.2, 0.25) is 0 Å². The SMILES string of the molecule is CCCCOc1ccc(C(=O)Nc2ccc(N3CCC(N(C)C(=O)OC(C)(C)C)C3)cc2C(F)(F)F)cc1. The van der Waals surface area contributed by atoms with E-state index in [1.165, 1.54) is 23.1 Å². The first-order valence-corrected chi connectivity index (χ1v) is 12.7. The van der Waals surface area contributed by atoms with Crippen LogP contribution in [0.5, 0.6) is 5.75 Å². The maximum Gasteiger partial charge on any atom is 0.418 e. The van der Waals surface area contributed by atoms with Gasteiger partial charge >= 0.3 is 12.3 Å². The average molecular weight is 536 g/mol. The van der Waals surface area contributed by atoms with Gasteiger partial charge in [-0.25, -0.2) is 4.79 Å². The predicted octanol–water partition coefficient (Wildman–Crippen LogP) is 6.58. The molecule has 1 fully saturated rings. The van der Waals surface area contributed by atoms with Gasteiger partial charge in [-0.15, -0.1) is 0 Å². The molecule has 0 saturated carbocycles. The highest BCUT2D eigenvalue weighted by Gasteiger charge is 2.36. The molecule has 2 aromatic carbocycles. The molecular formula is C28H36F3N3O4. The molecule has 0 aromatic heterocycles. The zero-order valence-electron chi connectivity index (χ0n) is 22.5. The van der Waals surface area contributed by atoms with E-state index >= 15 is 0 Å². The Bertz CT molecular complexity index is 1110. The number of anilines is 2. The number of nitrogens with one attached hydrogen (secondary N) is 1. The van der Waals surface area contributed by atoms with E-state index in [4.69, 9.17) is 9.47 Å². The highest BCUT2D eigenvalue weighted by atomic mass is 19.4. The molecular weight excluding hydrogens is 499 g/mol. The van der Waals surface area contributed by atoms with Crippen LogP contribution in [0.15, 0.2) is 42.5 Å². The fourth-order valence-corrected chi connectivity index (χ4v) is 4.08. The standard InChI is InChI=1S/C28H36F3N3O4/c1-6-7-16-37-22-11-8-19(9-12-22)25(35)32-24-13-10-20(17-23(24)28(29,30)31)34-15-14-21(18-34)33(5)26(36)38-27(2,3)4/h8-13,17,21H,6-7,14-16,18H2,1-5H3,(H,32,35). The van der Waals surface area contributed by atoms with E-state index in [-0.39, 0.29) is 17.3 Å². The second-order valence-electron chi connectivity index (χ2n) is 10.4. The lowest BCUT2D eigenvalue weighted by atomic mass is 10.1. The van der Waals surface area contributed by atoms with Gasteiger partial charge in [-0.2, -0.15) is 13.2 Å². The lowest BCUT2D eigenvalue weighted by Gasteiger charge is -2.29. The van der Waals surface area contributed by atoms with Gasteiger partial charge in [-0.3, -0.25) is 4.79 Å². The fraction of sp³-hybridized carbons (Fsp3) is 0.500. The van der Waals surface area contributed by atoms with Crippen molar-refractivity contribution in [1.82, 2.24) is 4.90 Å². The molecule has 0 spiro atoms. The van der Waals surface area contributed by atoms with Crippen LogP contribution >= 0.6 is 0 Å². The summed E-state index contributed by atoms with van der Waals surface area (Å²) in [6.45, 7) is 8.77. The van der Waals surface area contributed by atoms with E-state index in [9.17, 15) is 22.8 Å².